The SMILES string of the molecule is CC(C)C(=O)N1CCC(c2ccc(C(=O)NCc3ccn4ccnc4c3)o2)CC1. The zero-order valence-corrected chi connectivity index (χ0v) is 16.8. The minimum absolute atomic E-state index is 0.0275. The van der Waals surface area contributed by atoms with Crippen molar-refractivity contribution >= 4 is 17.5 Å². The van der Waals surface area contributed by atoms with Crippen LogP contribution in [0.4, 0.5) is 0 Å². The van der Waals surface area contributed by atoms with E-state index in [0.717, 1.165) is 42.9 Å². The Balaban J connectivity index is 1.32. The molecule has 0 aromatic carbocycles. The summed E-state index contributed by atoms with van der Waals surface area (Å²) in [4.78, 5) is 30.8. The second kappa shape index (κ2) is 8.11. The lowest BCUT2D eigenvalue weighted by Gasteiger charge is -2.32. The number of carbonyl (C=O) groups is 2. The Morgan fingerprint density at radius 3 is 2.76 bits per heavy atom. The summed E-state index contributed by atoms with van der Waals surface area (Å²) in [6.07, 6.45) is 7.26. The van der Waals surface area contributed by atoms with Crippen molar-refractivity contribution in [2.75, 3.05) is 13.1 Å². The molecule has 3 aromatic heterocycles. The van der Waals surface area contributed by atoms with Crippen LogP contribution in [0, 0.1) is 5.92 Å². The van der Waals surface area contributed by atoms with Gasteiger partial charge in [0.1, 0.15) is 11.4 Å². The molecular weight excluding hydrogens is 368 g/mol. The van der Waals surface area contributed by atoms with Crippen molar-refractivity contribution < 1.29 is 14.0 Å². The van der Waals surface area contributed by atoms with Crippen LogP contribution in [0.15, 0.2) is 47.3 Å². The Hall–Kier alpha value is -3.09. The van der Waals surface area contributed by atoms with Crippen LogP contribution in [0.3, 0.4) is 0 Å². The van der Waals surface area contributed by atoms with Gasteiger partial charge in [0.2, 0.25) is 5.91 Å². The number of nitrogens with zero attached hydrogens (tertiary/aromatic N) is 3. The number of amides is 2. The average molecular weight is 394 g/mol. The van der Waals surface area contributed by atoms with Gasteiger partial charge in [-0.3, -0.25) is 9.59 Å². The van der Waals surface area contributed by atoms with Crippen LogP contribution >= 0.6 is 0 Å². The number of imidazole rings is 1. The molecule has 4 heterocycles. The summed E-state index contributed by atoms with van der Waals surface area (Å²) < 4.78 is 7.76. The first-order valence-corrected chi connectivity index (χ1v) is 10.1. The Morgan fingerprint density at radius 2 is 2.00 bits per heavy atom. The van der Waals surface area contributed by atoms with Crippen LogP contribution in [0.25, 0.3) is 5.65 Å². The number of fused-ring (bicyclic) bond motifs is 1. The number of pyridine rings is 1. The zero-order valence-electron chi connectivity index (χ0n) is 16.8. The third kappa shape index (κ3) is 4.18. The number of hydrogen-bond acceptors (Lipinski definition) is 4. The summed E-state index contributed by atoms with van der Waals surface area (Å²) in [7, 11) is 0. The molecule has 7 heteroatoms. The molecular formula is C22H26N4O3. The van der Waals surface area contributed by atoms with Gasteiger partial charge < -0.3 is 19.0 Å². The van der Waals surface area contributed by atoms with Gasteiger partial charge in [-0.2, -0.15) is 0 Å². The van der Waals surface area contributed by atoms with E-state index in [4.69, 9.17) is 4.42 Å². The van der Waals surface area contributed by atoms with Crippen molar-refractivity contribution in [2.45, 2.75) is 39.2 Å². The fourth-order valence-corrected chi connectivity index (χ4v) is 3.78. The topological polar surface area (TPSA) is 79.9 Å². The number of furan rings is 1. The van der Waals surface area contributed by atoms with Gasteiger partial charge in [-0.05, 0) is 42.7 Å². The van der Waals surface area contributed by atoms with Crippen LogP contribution in [-0.4, -0.2) is 39.2 Å². The van der Waals surface area contributed by atoms with Crippen LogP contribution < -0.4 is 5.32 Å². The molecule has 1 aliphatic heterocycles. The Kier molecular flexibility index (Phi) is 5.38. The minimum Gasteiger partial charge on any atom is -0.456 e. The van der Waals surface area contributed by atoms with Gasteiger partial charge in [-0.1, -0.05) is 13.8 Å². The lowest BCUT2D eigenvalue weighted by atomic mass is 9.94. The standard InChI is InChI=1S/C22H26N4O3/c1-15(2)22(28)26-10-6-17(7-11-26)18-3-4-19(29-18)21(27)24-14-16-5-9-25-12-8-23-20(25)13-16/h3-5,8-9,12-13,15,17H,6-7,10-11,14H2,1-2H3,(H,24,27). The lowest BCUT2D eigenvalue weighted by molar-refractivity contribution is -0.135. The third-order valence-corrected chi connectivity index (χ3v) is 5.47. The van der Waals surface area contributed by atoms with Gasteiger partial charge in [0, 0.05) is 50.1 Å². The van der Waals surface area contributed by atoms with Gasteiger partial charge in [0.25, 0.3) is 5.91 Å². The summed E-state index contributed by atoms with van der Waals surface area (Å²) in [5, 5.41) is 2.90. The van der Waals surface area contributed by atoms with E-state index >= 15 is 0 Å². The first-order valence-electron chi connectivity index (χ1n) is 10.1. The molecule has 1 N–H and O–H groups in total. The maximum atomic E-state index is 12.5. The number of hydrogen-bond donors (Lipinski definition) is 1. The van der Waals surface area contributed by atoms with Crippen molar-refractivity contribution in [1.82, 2.24) is 19.6 Å². The maximum Gasteiger partial charge on any atom is 0.287 e. The van der Waals surface area contributed by atoms with Crippen molar-refractivity contribution in [1.29, 1.82) is 0 Å². The summed E-state index contributed by atoms with van der Waals surface area (Å²) in [6.45, 7) is 5.74. The fraction of sp³-hybridized carbons (Fsp3) is 0.409. The van der Waals surface area contributed by atoms with E-state index in [2.05, 4.69) is 10.3 Å². The number of likely N-dealkylation sites (tertiary alicyclic amines) is 1. The highest BCUT2D eigenvalue weighted by Crippen LogP contribution is 2.30. The van der Waals surface area contributed by atoms with Gasteiger partial charge >= 0.3 is 0 Å². The van der Waals surface area contributed by atoms with E-state index in [0.29, 0.717) is 12.3 Å². The van der Waals surface area contributed by atoms with Crippen LogP contribution in [0.5, 0.6) is 0 Å². The Bertz CT molecular complexity index is 1010. The largest absolute Gasteiger partial charge is 0.456 e. The highest BCUT2D eigenvalue weighted by atomic mass is 16.4. The minimum atomic E-state index is -0.230. The van der Waals surface area contributed by atoms with Gasteiger partial charge in [0.15, 0.2) is 5.76 Å². The molecule has 2 amide bonds. The highest BCUT2D eigenvalue weighted by molar-refractivity contribution is 5.91. The monoisotopic (exact) mass is 394 g/mol. The molecule has 0 saturated carbocycles. The van der Waals surface area contributed by atoms with Crippen molar-refractivity contribution in [2.24, 2.45) is 5.92 Å². The van der Waals surface area contributed by atoms with Crippen LogP contribution in [0.2, 0.25) is 0 Å². The predicted octanol–water partition coefficient (Wildman–Crippen LogP) is 3.22. The predicted molar refractivity (Wildman–Crippen MR) is 108 cm³/mol. The average Bonchev–Trinajstić information content (AvgIpc) is 3.40. The van der Waals surface area contributed by atoms with E-state index in [1.165, 1.54) is 0 Å². The molecule has 3 aromatic rings. The molecule has 0 unspecified atom stereocenters. The van der Waals surface area contributed by atoms with Crippen LogP contribution in [0.1, 0.15) is 54.5 Å². The molecule has 1 aliphatic rings. The Labute approximate surface area is 169 Å². The summed E-state index contributed by atoms with van der Waals surface area (Å²) in [5.41, 5.74) is 1.82. The van der Waals surface area contributed by atoms with E-state index < -0.39 is 0 Å². The summed E-state index contributed by atoms with van der Waals surface area (Å²) in [5.74, 6) is 1.40. The Morgan fingerprint density at radius 1 is 1.21 bits per heavy atom. The molecule has 0 spiro atoms. The molecule has 0 atom stereocenters. The number of piperidine rings is 1. The quantitative estimate of drug-likeness (QED) is 0.721. The van der Waals surface area contributed by atoms with E-state index in [1.54, 1.807) is 12.3 Å². The zero-order chi connectivity index (χ0) is 20.4. The molecule has 0 aliphatic carbocycles. The molecule has 1 saturated heterocycles. The number of carbonyl (C=O) groups excluding carboxylic acids is 2. The molecule has 29 heavy (non-hydrogen) atoms. The van der Waals surface area contributed by atoms with Crippen molar-refractivity contribution in [3.8, 4) is 0 Å². The number of aromatic nitrogens is 2. The fourth-order valence-electron chi connectivity index (χ4n) is 3.78. The smallest absolute Gasteiger partial charge is 0.287 e. The van der Waals surface area contributed by atoms with Crippen LogP contribution in [-0.2, 0) is 11.3 Å². The number of nitrogens with one attached hydrogen (secondary N) is 1. The van der Waals surface area contributed by atoms with E-state index in [1.807, 2.05) is 53.7 Å². The first-order chi connectivity index (χ1) is 14.0. The molecule has 0 bridgehead atoms. The van der Waals surface area contributed by atoms with Gasteiger partial charge in [-0.25, -0.2) is 4.98 Å². The molecule has 152 valence electrons. The second-order valence-electron chi connectivity index (χ2n) is 7.87. The normalized spacial score (nSPS) is 15.2. The molecule has 7 nitrogen and oxygen atoms in total. The van der Waals surface area contributed by atoms with Crippen molar-refractivity contribution in [3.63, 3.8) is 0 Å². The van der Waals surface area contributed by atoms with Gasteiger partial charge in [0.05, 0.1) is 0 Å². The molecule has 0 radical (unpaired) electrons. The highest BCUT2D eigenvalue weighted by Gasteiger charge is 2.27. The van der Waals surface area contributed by atoms with Gasteiger partial charge in [-0.15, -0.1) is 0 Å². The molecule has 1 fully saturated rings. The lowest BCUT2D eigenvalue weighted by Crippen LogP contribution is -2.40. The number of rotatable bonds is 5. The summed E-state index contributed by atoms with van der Waals surface area (Å²) >= 11 is 0. The van der Waals surface area contributed by atoms with E-state index in [9.17, 15) is 9.59 Å². The molecule has 4 rings (SSSR count). The van der Waals surface area contributed by atoms with E-state index in [-0.39, 0.29) is 23.7 Å². The summed E-state index contributed by atoms with van der Waals surface area (Å²) in [6, 6.07) is 7.51. The third-order valence-electron chi connectivity index (χ3n) is 5.47. The maximum absolute atomic E-state index is 12.5. The second-order valence-corrected chi connectivity index (χ2v) is 7.87. The van der Waals surface area contributed by atoms with Crippen molar-refractivity contribution in [3.05, 3.63) is 59.9 Å². The first kappa shape index (κ1) is 19.2.